The summed E-state index contributed by atoms with van der Waals surface area (Å²) in [5.41, 5.74) is 0.0108. The van der Waals surface area contributed by atoms with Gasteiger partial charge >= 0.3 is 12.0 Å². The van der Waals surface area contributed by atoms with Crippen molar-refractivity contribution in [1.29, 1.82) is 0 Å². The molecule has 0 fully saturated rings. The van der Waals surface area contributed by atoms with Crippen LogP contribution in [0.1, 0.15) is 42.3 Å². The Morgan fingerprint density at radius 2 is 2.11 bits per heavy atom. The fraction of sp³-hybridized carbons (Fsp3) is 0.583. The number of nitrogens with one attached hydrogen (secondary N) is 1. The van der Waals surface area contributed by atoms with Crippen LogP contribution in [0.25, 0.3) is 0 Å². The van der Waals surface area contributed by atoms with Gasteiger partial charge in [0.05, 0.1) is 6.04 Å². The second-order valence-corrected chi connectivity index (χ2v) is 5.71. The largest absolute Gasteiger partial charge is 0.476 e. The lowest BCUT2D eigenvalue weighted by Gasteiger charge is -2.22. The van der Waals surface area contributed by atoms with E-state index in [0.717, 1.165) is 0 Å². The molecule has 1 atom stereocenters. The van der Waals surface area contributed by atoms with Crippen molar-refractivity contribution in [2.24, 2.45) is 5.92 Å². The van der Waals surface area contributed by atoms with E-state index in [1.54, 1.807) is 18.9 Å². The quantitative estimate of drug-likeness (QED) is 0.868. The van der Waals surface area contributed by atoms with E-state index in [1.165, 1.54) is 16.7 Å². The Morgan fingerprint density at radius 1 is 1.47 bits per heavy atom. The Kier molecular flexibility index (Phi) is 5.29. The highest BCUT2D eigenvalue weighted by molar-refractivity contribution is 7.09. The molecule has 0 bridgehead atoms. The van der Waals surface area contributed by atoms with Crippen LogP contribution in [0.2, 0.25) is 0 Å². The zero-order valence-electron chi connectivity index (χ0n) is 11.5. The van der Waals surface area contributed by atoms with Gasteiger partial charge in [-0.2, -0.15) is 0 Å². The van der Waals surface area contributed by atoms with Crippen LogP contribution in [-0.4, -0.2) is 40.6 Å². The number of hydrogen-bond acceptors (Lipinski definition) is 4. The van der Waals surface area contributed by atoms with Gasteiger partial charge in [-0.1, -0.05) is 13.8 Å². The van der Waals surface area contributed by atoms with E-state index in [0.29, 0.717) is 17.5 Å². The molecule has 19 heavy (non-hydrogen) atoms. The minimum absolute atomic E-state index is 0.0108. The average Bonchev–Trinajstić information content (AvgIpc) is 2.77. The molecule has 1 rings (SSSR count). The molecule has 106 valence electrons. The Balaban J connectivity index is 2.60. The summed E-state index contributed by atoms with van der Waals surface area (Å²) in [6.07, 6.45) is 0. The number of aromatic nitrogens is 1. The molecule has 1 heterocycles. The van der Waals surface area contributed by atoms with E-state index in [2.05, 4.69) is 10.3 Å². The van der Waals surface area contributed by atoms with Gasteiger partial charge in [-0.25, -0.2) is 14.6 Å². The standard InChI is InChI=1S/C12H19N3O3S/c1-7(2)5-15(4)12(18)13-8(3)10-14-9(6-19-10)11(16)17/h6-8H,5H2,1-4H3,(H,13,18)(H,16,17). The van der Waals surface area contributed by atoms with E-state index >= 15 is 0 Å². The van der Waals surface area contributed by atoms with Crippen LogP contribution < -0.4 is 5.32 Å². The molecular formula is C12H19N3O3S. The number of carboxylic acid groups (broad SMARTS) is 1. The number of aromatic carboxylic acids is 1. The van der Waals surface area contributed by atoms with E-state index < -0.39 is 5.97 Å². The maximum absolute atomic E-state index is 11.9. The number of hydrogen-bond donors (Lipinski definition) is 2. The van der Waals surface area contributed by atoms with Crippen molar-refractivity contribution in [2.45, 2.75) is 26.8 Å². The van der Waals surface area contributed by atoms with Crippen LogP contribution >= 0.6 is 11.3 Å². The predicted octanol–water partition coefficient (Wildman–Crippen LogP) is 2.20. The topological polar surface area (TPSA) is 82.5 Å². The van der Waals surface area contributed by atoms with Crippen LogP contribution in [0, 0.1) is 5.92 Å². The van der Waals surface area contributed by atoms with Crippen molar-refractivity contribution >= 4 is 23.3 Å². The lowest BCUT2D eigenvalue weighted by atomic mass is 10.2. The maximum atomic E-state index is 11.9. The number of carboxylic acids is 1. The normalized spacial score (nSPS) is 12.3. The van der Waals surface area contributed by atoms with Gasteiger partial charge in [0, 0.05) is 19.0 Å². The lowest BCUT2D eigenvalue weighted by Crippen LogP contribution is -2.40. The molecule has 6 nitrogen and oxygen atoms in total. The molecule has 0 saturated carbocycles. The zero-order valence-corrected chi connectivity index (χ0v) is 12.3. The lowest BCUT2D eigenvalue weighted by molar-refractivity contribution is 0.0691. The number of thiazole rings is 1. The minimum atomic E-state index is -1.06. The van der Waals surface area contributed by atoms with E-state index in [4.69, 9.17) is 5.11 Å². The van der Waals surface area contributed by atoms with Crippen molar-refractivity contribution < 1.29 is 14.7 Å². The van der Waals surface area contributed by atoms with Crippen LogP contribution in [0.15, 0.2) is 5.38 Å². The molecule has 7 heteroatoms. The maximum Gasteiger partial charge on any atom is 0.355 e. The predicted molar refractivity (Wildman–Crippen MR) is 73.5 cm³/mol. The Hall–Kier alpha value is -1.63. The summed E-state index contributed by atoms with van der Waals surface area (Å²) >= 11 is 1.23. The molecule has 0 aliphatic rings. The summed E-state index contributed by atoms with van der Waals surface area (Å²) in [4.78, 5) is 28.2. The molecule has 0 saturated heterocycles. The first-order chi connectivity index (χ1) is 8.81. The number of carbonyl (C=O) groups is 2. The summed E-state index contributed by atoms with van der Waals surface area (Å²) < 4.78 is 0. The van der Waals surface area contributed by atoms with E-state index in [9.17, 15) is 9.59 Å². The molecule has 1 unspecified atom stereocenters. The monoisotopic (exact) mass is 285 g/mol. The van der Waals surface area contributed by atoms with E-state index in [1.807, 2.05) is 13.8 Å². The molecule has 2 N–H and O–H groups in total. The van der Waals surface area contributed by atoms with Crippen molar-refractivity contribution in [2.75, 3.05) is 13.6 Å². The third-order valence-corrected chi connectivity index (χ3v) is 3.46. The van der Waals surface area contributed by atoms with Crippen LogP contribution in [0.5, 0.6) is 0 Å². The smallest absolute Gasteiger partial charge is 0.355 e. The fourth-order valence-corrected chi connectivity index (χ4v) is 2.37. The van der Waals surface area contributed by atoms with Gasteiger partial charge in [-0.3, -0.25) is 0 Å². The molecule has 0 aliphatic carbocycles. The first kappa shape index (κ1) is 15.4. The molecule has 2 amide bonds. The summed E-state index contributed by atoms with van der Waals surface area (Å²) in [6, 6.07) is -0.492. The number of urea groups is 1. The zero-order chi connectivity index (χ0) is 14.6. The van der Waals surface area contributed by atoms with Crippen molar-refractivity contribution in [1.82, 2.24) is 15.2 Å². The van der Waals surface area contributed by atoms with Crippen molar-refractivity contribution in [3.63, 3.8) is 0 Å². The number of nitrogens with zero attached hydrogens (tertiary/aromatic N) is 2. The molecule has 1 aromatic rings. The second-order valence-electron chi connectivity index (χ2n) is 4.82. The third kappa shape index (κ3) is 4.51. The highest BCUT2D eigenvalue weighted by Crippen LogP contribution is 2.18. The van der Waals surface area contributed by atoms with Gasteiger partial charge in [-0.15, -0.1) is 11.3 Å². The van der Waals surface area contributed by atoms with Crippen molar-refractivity contribution in [3.8, 4) is 0 Å². The summed E-state index contributed by atoms with van der Waals surface area (Å²) in [7, 11) is 1.73. The number of amides is 2. The highest BCUT2D eigenvalue weighted by Gasteiger charge is 2.18. The van der Waals surface area contributed by atoms with Crippen LogP contribution in [0.4, 0.5) is 4.79 Å². The molecule has 0 spiro atoms. The Bertz CT molecular complexity index is 459. The van der Waals surface area contributed by atoms with E-state index in [-0.39, 0.29) is 17.8 Å². The van der Waals surface area contributed by atoms with Crippen LogP contribution in [-0.2, 0) is 0 Å². The Labute approximate surface area is 116 Å². The average molecular weight is 285 g/mol. The molecule has 0 radical (unpaired) electrons. The molecule has 1 aromatic heterocycles. The van der Waals surface area contributed by atoms with Gasteiger partial charge in [0.15, 0.2) is 5.69 Å². The SMILES string of the molecule is CC(C)CN(C)C(=O)NC(C)c1nc(C(=O)O)cs1. The summed E-state index contributed by atoms with van der Waals surface area (Å²) in [6.45, 7) is 6.52. The van der Waals surface area contributed by atoms with Gasteiger partial charge in [0.1, 0.15) is 5.01 Å². The van der Waals surface area contributed by atoms with Gasteiger partial charge < -0.3 is 15.3 Å². The number of carbonyl (C=O) groups excluding carboxylic acids is 1. The summed E-state index contributed by atoms with van der Waals surface area (Å²) in [5, 5.41) is 13.7. The molecule has 0 aliphatic heterocycles. The Morgan fingerprint density at radius 3 is 2.58 bits per heavy atom. The van der Waals surface area contributed by atoms with Gasteiger partial charge in [0.2, 0.25) is 0 Å². The fourth-order valence-electron chi connectivity index (χ4n) is 1.57. The number of rotatable bonds is 5. The van der Waals surface area contributed by atoms with Gasteiger partial charge in [0.25, 0.3) is 0 Å². The van der Waals surface area contributed by atoms with Gasteiger partial charge in [-0.05, 0) is 12.8 Å². The first-order valence-electron chi connectivity index (χ1n) is 6.01. The molecule has 0 aromatic carbocycles. The minimum Gasteiger partial charge on any atom is -0.476 e. The highest BCUT2D eigenvalue weighted by atomic mass is 32.1. The third-order valence-electron chi connectivity index (χ3n) is 2.44. The summed E-state index contributed by atoms with van der Waals surface area (Å²) in [5.74, 6) is -0.664. The van der Waals surface area contributed by atoms with Crippen molar-refractivity contribution in [3.05, 3.63) is 16.1 Å². The molecular weight excluding hydrogens is 266 g/mol. The van der Waals surface area contributed by atoms with Crippen LogP contribution in [0.3, 0.4) is 0 Å². The second kappa shape index (κ2) is 6.51. The first-order valence-corrected chi connectivity index (χ1v) is 6.89.